The first kappa shape index (κ1) is 10.2. The Hall–Kier alpha value is -2.29. The standard InChI is InChI=1S/C13H12N2O/c14-13(15-16)8-6-10-5-7-11-3-1-2-4-12(11)9-10/h1-9,16H,(H2,14,15)/b8-6+. The second-order valence-electron chi connectivity index (χ2n) is 3.46. The van der Waals surface area contributed by atoms with Crippen LogP contribution in [0.15, 0.2) is 53.7 Å². The molecule has 0 unspecified atom stereocenters. The fraction of sp³-hybridized carbons (Fsp3) is 0. The van der Waals surface area contributed by atoms with E-state index in [0.717, 1.165) is 5.56 Å². The molecule has 0 aliphatic heterocycles. The Kier molecular flexibility index (Phi) is 2.87. The van der Waals surface area contributed by atoms with E-state index in [9.17, 15) is 0 Å². The van der Waals surface area contributed by atoms with Crippen molar-refractivity contribution in [3.8, 4) is 0 Å². The first-order valence-corrected chi connectivity index (χ1v) is 4.94. The van der Waals surface area contributed by atoms with E-state index >= 15 is 0 Å². The summed E-state index contributed by atoms with van der Waals surface area (Å²) in [5, 5.41) is 13.6. The van der Waals surface area contributed by atoms with Crippen LogP contribution in [0.3, 0.4) is 0 Å². The molecule has 0 aliphatic rings. The normalized spacial score (nSPS) is 12.4. The Labute approximate surface area is 93.5 Å². The monoisotopic (exact) mass is 212 g/mol. The minimum absolute atomic E-state index is 0.0909. The van der Waals surface area contributed by atoms with Crippen LogP contribution in [0, 0.1) is 0 Å². The lowest BCUT2D eigenvalue weighted by Gasteiger charge is -1.98. The average Bonchev–Trinajstić information content (AvgIpc) is 2.35. The molecule has 3 heteroatoms. The molecule has 2 aromatic rings. The van der Waals surface area contributed by atoms with E-state index in [0.29, 0.717) is 0 Å². The van der Waals surface area contributed by atoms with Gasteiger partial charge in [0, 0.05) is 0 Å². The third-order valence-electron chi connectivity index (χ3n) is 2.34. The van der Waals surface area contributed by atoms with Crippen LogP contribution in [-0.4, -0.2) is 11.0 Å². The number of hydrogen-bond donors (Lipinski definition) is 2. The van der Waals surface area contributed by atoms with Gasteiger partial charge in [-0.15, -0.1) is 0 Å². The zero-order valence-corrected chi connectivity index (χ0v) is 8.67. The van der Waals surface area contributed by atoms with Crippen LogP contribution < -0.4 is 5.73 Å². The number of hydrogen-bond acceptors (Lipinski definition) is 2. The topological polar surface area (TPSA) is 58.6 Å². The van der Waals surface area contributed by atoms with Crippen LogP contribution in [0.1, 0.15) is 5.56 Å². The maximum absolute atomic E-state index is 8.40. The second-order valence-corrected chi connectivity index (χ2v) is 3.46. The summed E-state index contributed by atoms with van der Waals surface area (Å²) >= 11 is 0. The average molecular weight is 212 g/mol. The number of amidine groups is 1. The summed E-state index contributed by atoms with van der Waals surface area (Å²) in [6, 6.07) is 14.2. The minimum atomic E-state index is 0.0909. The fourth-order valence-electron chi connectivity index (χ4n) is 1.53. The van der Waals surface area contributed by atoms with E-state index in [4.69, 9.17) is 10.9 Å². The highest BCUT2D eigenvalue weighted by Gasteiger charge is 1.93. The summed E-state index contributed by atoms with van der Waals surface area (Å²) < 4.78 is 0. The van der Waals surface area contributed by atoms with Gasteiger partial charge >= 0.3 is 0 Å². The molecule has 0 aromatic heterocycles. The predicted octanol–water partition coefficient (Wildman–Crippen LogP) is 2.60. The molecule has 3 nitrogen and oxygen atoms in total. The largest absolute Gasteiger partial charge is 0.409 e. The van der Waals surface area contributed by atoms with Crippen LogP contribution in [0.2, 0.25) is 0 Å². The van der Waals surface area contributed by atoms with Crippen molar-refractivity contribution in [2.24, 2.45) is 10.9 Å². The van der Waals surface area contributed by atoms with Crippen molar-refractivity contribution in [1.29, 1.82) is 0 Å². The van der Waals surface area contributed by atoms with Crippen LogP contribution in [0.25, 0.3) is 16.8 Å². The van der Waals surface area contributed by atoms with Gasteiger partial charge in [-0.2, -0.15) is 0 Å². The first-order valence-electron chi connectivity index (χ1n) is 4.94. The summed E-state index contributed by atoms with van der Waals surface area (Å²) in [6.07, 6.45) is 3.37. The van der Waals surface area contributed by atoms with Crippen molar-refractivity contribution >= 4 is 22.7 Å². The van der Waals surface area contributed by atoms with Crippen LogP contribution in [-0.2, 0) is 0 Å². The maximum atomic E-state index is 8.40. The molecule has 0 amide bonds. The van der Waals surface area contributed by atoms with Crippen molar-refractivity contribution in [3.63, 3.8) is 0 Å². The molecule has 0 bridgehead atoms. The van der Waals surface area contributed by atoms with Crippen molar-refractivity contribution in [1.82, 2.24) is 0 Å². The van der Waals surface area contributed by atoms with Gasteiger partial charge in [0.2, 0.25) is 0 Å². The Balaban J connectivity index is 2.36. The van der Waals surface area contributed by atoms with Crippen molar-refractivity contribution < 1.29 is 5.21 Å². The molecule has 0 saturated carbocycles. The van der Waals surface area contributed by atoms with E-state index in [2.05, 4.69) is 23.4 Å². The van der Waals surface area contributed by atoms with Crippen molar-refractivity contribution in [2.75, 3.05) is 0 Å². The highest BCUT2D eigenvalue weighted by Crippen LogP contribution is 2.16. The molecule has 3 N–H and O–H groups in total. The van der Waals surface area contributed by atoms with E-state index in [1.807, 2.05) is 30.3 Å². The molecule has 0 aliphatic carbocycles. The number of fused-ring (bicyclic) bond motifs is 1. The number of oxime groups is 1. The van der Waals surface area contributed by atoms with Crippen LogP contribution in [0.4, 0.5) is 0 Å². The van der Waals surface area contributed by atoms with Crippen LogP contribution in [0.5, 0.6) is 0 Å². The molecule has 0 fully saturated rings. The lowest BCUT2D eigenvalue weighted by molar-refractivity contribution is 0.319. The smallest absolute Gasteiger partial charge is 0.162 e. The van der Waals surface area contributed by atoms with Gasteiger partial charge < -0.3 is 10.9 Å². The molecule has 0 radical (unpaired) electrons. The third-order valence-corrected chi connectivity index (χ3v) is 2.34. The molecule has 2 rings (SSSR count). The van der Waals surface area contributed by atoms with Gasteiger partial charge in [0.1, 0.15) is 0 Å². The van der Waals surface area contributed by atoms with Gasteiger partial charge in [0.25, 0.3) is 0 Å². The van der Waals surface area contributed by atoms with Crippen molar-refractivity contribution in [2.45, 2.75) is 0 Å². The van der Waals surface area contributed by atoms with Gasteiger partial charge in [-0.3, -0.25) is 0 Å². The van der Waals surface area contributed by atoms with Gasteiger partial charge in [-0.1, -0.05) is 47.6 Å². The number of nitrogens with two attached hydrogens (primary N) is 1. The van der Waals surface area contributed by atoms with Gasteiger partial charge in [0.15, 0.2) is 5.84 Å². The molecule has 16 heavy (non-hydrogen) atoms. The molecular weight excluding hydrogens is 200 g/mol. The molecule has 0 spiro atoms. The Bertz CT molecular complexity index is 559. The summed E-state index contributed by atoms with van der Waals surface area (Å²) in [4.78, 5) is 0. The fourth-order valence-corrected chi connectivity index (χ4v) is 1.53. The summed E-state index contributed by atoms with van der Waals surface area (Å²) in [7, 11) is 0. The second kappa shape index (κ2) is 4.49. The number of benzene rings is 2. The zero-order chi connectivity index (χ0) is 11.4. The molecule has 0 atom stereocenters. The number of nitrogens with zero attached hydrogens (tertiary/aromatic N) is 1. The lowest BCUT2D eigenvalue weighted by atomic mass is 10.1. The van der Waals surface area contributed by atoms with E-state index in [1.54, 1.807) is 6.08 Å². The Morgan fingerprint density at radius 3 is 2.62 bits per heavy atom. The Morgan fingerprint density at radius 2 is 1.88 bits per heavy atom. The summed E-state index contributed by atoms with van der Waals surface area (Å²) in [5.41, 5.74) is 6.37. The third kappa shape index (κ3) is 2.20. The Morgan fingerprint density at radius 1 is 1.12 bits per heavy atom. The molecule has 2 aromatic carbocycles. The van der Waals surface area contributed by atoms with Crippen LogP contribution >= 0.6 is 0 Å². The maximum Gasteiger partial charge on any atom is 0.162 e. The van der Waals surface area contributed by atoms with Gasteiger partial charge in [-0.25, -0.2) is 0 Å². The summed E-state index contributed by atoms with van der Waals surface area (Å²) in [5.74, 6) is 0.0909. The van der Waals surface area contributed by atoms with E-state index in [1.165, 1.54) is 10.8 Å². The lowest BCUT2D eigenvalue weighted by Crippen LogP contribution is -2.06. The molecular formula is C13H12N2O. The minimum Gasteiger partial charge on any atom is -0.409 e. The van der Waals surface area contributed by atoms with E-state index < -0.39 is 0 Å². The van der Waals surface area contributed by atoms with Gasteiger partial charge in [0.05, 0.1) is 0 Å². The molecule has 0 saturated heterocycles. The highest BCUT2D eigenvalue weighted by molar-refractivity contribution is 5.95. The highest BCUT2D eigenvalue weighted by atomic mass is 16.4. The van der Waals surface area contributed by atoms with E-state index in [-0.39, 0.29) is 5.84 Å². The summed E-state index contributed by atoms with van der Waals surface area (Å²) in [6.45, 7) is 0. The molecule has 0 heterocycles. The number of rotatable bonds is 2. The zero-order valence-electron chi connectivity index (χ0n) is 8.67. The SMILES string of the molecule is NC(/C=C/c1ccc2ccccc2c1)=N\O. The quantitative estimate of drug-likeness (QED) is 0.348. The van der Waals surface area contributed by atoms with Crippen molar-refractivity contribution in [3.05, 3.63) is 54.1 Å². The van der Waals surface area contributed by atoms with Gasteiger partial charge in [-0.05, 0) is 28.5 Å². The predicted molar refractivity (Wildman–Crippen MR) is 66.4 cm³/mol. The first-order chi connectivity index (χ1) is 7.79. The molecule has 80 valence electrons.